The fourth-order valence-corrected chi connectivity index (χ4v) is 2.10. The summed E-state index contributed by atoms with van der Waals surface area (Å²) in [5.41, 5.74) is 0. The van der Waals surface area contributed by atoms with Gasteiger partial charge in [-0.05, 0) is 25.7 Å². The third-order valence-corrected chi connectivity index (χ3v) is 2.95. The number of amides is 1. The Morgan fingerprint density at radius 3 is 2.56 bits per heavy atom. The molecule has 5 heteroatoms. The van der Waals surface area contributed by atoms with Crippen LogP contribution in [0, 0.1) is 5.92 Å². The minimum Gasteiger partial charge on any atom is -0.480 e. The predicted octanol–water partition coefficient (Wildman–Crippen LogP) is 0.782. The molecule has 92 valence electrons. The van der Waals surface area contributed by atoms with E-state index in [-0.39, 0.29) is 18.6 Å². The van der Waals surface area contributed by atoms with Crippen molar-refractivity contribution in [3.8, 4) is 0 Å². The van der Waals surface area contributed by atoms with Crippen LogP contribution >= 0.6 is 0 Å². The first-order chi connectivity index (χ1) is 7.59. The second-order valence-corrected chi connectivity index (χ2v) is 4.29. The molecule has 16 heavy (non-hydrogen) atoms. The van der Waals surface area contributed by atoms with Gasteiger partial charge < -0.3 is 15.2 Å². The molecule has 2 N–H and O–H groups in total. The van der Waals surface area contributed by atoms with E-state index in [4.69, 9.17) is 9.84 Å². The van der Waals surface area contributed by atoms with Crippen molar-refractivity contribution < 1.29 is 19.4 Å². The van der Waals surface area contributed by atoms with Gasteiger partial charge in [-0.1, -0.05) is 12.8 Å². The number of hydrogen-bond donors (Lipinski definition) is 2. The Bertz CT molecular complexity index is 248. The van der Waals surface area contributed by atoms with Crippen LogP contribution in [0.25, 0.3) is 0 Å². The first-order valence-corrected chi connectivity index (χ1v) is 5.68. The molecule has 1 amide bonds. The van der Waals surface area contributed by atoms with Gasteiger partial charge in [0.05, 0.1) is 0 Å². The highest BCUT2D eigenvalue weighted by Crippen LogP contribution is 2.27. The Morgan fingerprint density at radius 1 is 1.38 bits per heavy atom. The SMILES string of the molecule is C[C@@H](NC(=O)COCC(=O)O)C1CCCC1. The molecule has 0 aromatic heterocycles. The molecule has 0 saturated heterocycles. The fourth-order valence-electron chi connectivity index (χ4n) is 2.10. The van der Waals surface area contributed by atoms with Crippen LogP contribution in [0.4, 0.5) is 0 Å². The van der Waals surface area contributed by atoms with E-state index in [0.717, 1.165) is 12.8 Å². The van der Waals surface area contributed by atoms with Gasteiger partial charge in [-0.3, -0.25) is 4.79 Å². The minimum absolute atomic E-state index is 0.156. The maximum Gasteiger partial charge on any atom is 0.329 e. The van der Waals surface area contributed by atoms with E-state index in [1.807, 2.05) is 6.92 Å². The standard InChI is InChI=1S/C11H19NO4/c1-8(9-4-2-3-5-9)12-10(13)6-16-7-11(14)15/h8-9H,2-7H2,1H3,(H,12,13)(H,14,15)/t8-/m1/s1. The van der Waals surface area contributed by atoms with E-state index in [2.05, 4.69) is 5.32 Å². The first kappa shape index (κ1) is 13.0. The molecule has 0 unspecified atom stereocenters. The Kier molecular flexibility index (Phi) is 5.25. The smallest absolute Gasteiger partial charge is 0.329 e. The molecule has 1 saturated carbocycles. The molecule has 1 aliphatic carbocycles. The van der Waals surface area contributed by atoms with Gasteiger partial charge in [0.1, 0.15) is 13.2 Å². The van der Waals surface area contributed by atoms with Gasteiger partial charge in [-0.2, -0.15) is 0 Å². The topological polar surface area (TPSA) is 75.6 Å². The van der Waals surface area contributed by atoms with Crippen molar-refractivity contribution in [2.45, 2.75) is 38.6 Å². The minimum atomic E-state index is -1.06. The molecule has 5 nitrogen and oxygen atoms in total. The maximum atomic E-state index is 11.4. The molecule has 1 fully saturated rings. The van der Waals surface area contributed by atoms with E-state index in [1.165, 1.54) is 12.8 Å². The highest BCUT2D eigenvalue weighted by molar-refractivity contribution is 5.78. The quantitative estimate of drug-likeness (QED) is 0.705. The molecule has 0 aliphatic heterocycles. The molecule has 0 heterocycles. The summed E-state index contributed by atoms with van der Waals surface area (Å²) in [5.74, 6) is -0.735. The van der Waals surface area contributed by atoms with Gasteiger partial charge in [0.2, 0.25) is 5.91 Å². The summed E-state index contributed by atoms with van der Waals surface area (Å²) in [6.07, 6.45) is 4.80. The number of carboxylic acid groups (broad SMARTS) is 1. The number of carbonyl (C=O) groups is 2. The summed E-state index contributed by atoms with van der Waals surface area (Å²) < 4.78 is 4.71. The number of aliphatic carboxylic acids is 1. The lowest BCUT2D eigenvalue weighted by atomic mass is 10.00. The van der Waals surface area contributed by atoms with Gasteiger partial charge in [0.15, 0.2) is 0 Å². The fraction of sp³-hybridized carbons (Fsp3) is 0.818. The summed E-state index contributed by atoms with van der Waals surface area (Å²) in [7, 11) is 0. The van der Waals surface area contributed by atoms with Gasteiger partial charge in [0, 0.05) is 6.04 Å². The largest absolute Gasteiger partial charge is 0.480 e. The number of nitrogens with one attached hydrogen (secondary N) is 1. The second-order valence-electron chi connectivity index (χ2n) is 4.29. The van der Waals surface area contributed by atoms with Crippen LogP contribution in [0.2, 0.25) is 0 Å². The van der Waals surface area contributed by atoms with Crippen LogP contribution in [-0.2, 0) is 14.3 Å². The molecule has 0 aromatic rings. The third kappa shape index (κ3) is 4.61. The number of carboxylic acids is 1. The van der Waals surface area contributed by atoms with Crippen molar-refractivity contribution in [1.29, 1.82) is 0 Å². The van der Waals surface area contributed by atoms with Crippen LogP contribution < -0.4 is 5.32 Å². The zero-order valence-electron chi connectivity index (χ0n) is 9.57. The van der Waals surface area contributed by atoms with E-state index in [1.54, 1.807) is 0 Å². The second kappa shape index (κ2) is 6.48. The lowest BCUT2D eigenvalue weighted by Crippen LogP contribution is -2.39. The Hall–Kier alpha value is -1.10. The van der Waals surface area contributed by atoms with Gasteiger partial charge >= 0.3 is 5.97 Å². The lowest BCUT2D eigenvalue weighted by Gasteiger charge is -2.20. The predicted molar refractivity (Wildman–Crippen MR) is 58.0 cm³/mol. The van der Waals surface area contributed by atoms with Crippen molar-refractivity contribution in [2.75, 3.05) is 13.2 Å². The summed E-state index contributed by atoms with van der Waals surface area (Å²) >= 11 is 0. The average Bonchev–Trinajstić information content (AvgIpc) is 2.69. The van der Waals surface area contributed by atoms with Gasteiger partial charge in [-0.15, -0.1) is 0 Å². The Balaban J connectivity index is 2.15. The summed E-state index contributed by atoms with van der Waals surface area (Å²) in [6.45, 7) is 1.39. The monoisotopic (exact) mass is 229 g/mol. The zero-order valence-corrected chi connectivity index (χ0v) is 9.57. The van der Waals surface area contributed by atoms with Crippen LogP contribution in [0.15, 0.2) is 0 Å². The number of hydrogen-bond acceptors (Lipinski definition) is 3. The van der Waals surface area contributed by atoms with Crippen LogP contribution in [-0.4, -0.2) is 36.2 Å². The van der Waals surface area contributed by atoms with Crippen LogP contribution in [0.1, 0.15) is 32.6 Å². The van der Waals surface area contributed by atoms with Crippen LogP contribution in [0.3, 0.4) is 0 Å². The third-order valence-electron chi connectivity index (χ3n) is 2.95. The Labute approximate surface area is 95.2 Å². The maximum absolute atomic E-state index is 11.4. The molecule has 0 bridgehead atoms. The van der Waals surface area contributed by atoms with Gasteiger partial charge in [-0.25, -0.2) is 4.79 Å². The van der Waals surface area contributed by atoms with Gasteiger partial charge in [0.25, 0.3) is 0 Å². The van der Waals surface area contributed by atoms with E-state index in [0.29, 0.717) is 5.92 Å². The lowest BCUT2D eigenvalue weighted by molar-refractivity contribution is -0.143. The number of rotatable bonds is 6. The Morgan fingerprint density at radius 2 is 2.00 bits per heavy atom. The molecule has 1 aliphatic rings. The molecule has 0 radical (unpaired) electrons. The summed E-state index contributed by atoms with van der Waals surface area (Å²) in [6, 6.07) is 0.156. The molecule has 1 rings (SSSR count). The number of carbonyl (C=O) groups excluding carboxylic acids is 1. The van der Waals surface area contributed by atoms with E-state index < -0.39 is 12.6 Å². The molecule has 1 atom stereocenters. The molecular formula is C11H19NO4. The molecular weight excluding hydrogens is 210 g/mol. The van der Waals surface area contributed by atoms with Crippen molar-refractivity contribution in [3.63, 3.8) is 0 Å². The molecule has 0 aromatic carbocycles. The van der Waals surface area contributed by atoms with Crippen molar-refractivity contribution in [1.82, 2.24) is 5.32 Å². The molecule has 0 spiro atoms. The van der Waals surface area contributed by atoms with Crippen molar-refractivity contribution >= 4 is 11.9 Å². The number of ether oxygens (including phenoxy) is 1. The summed E-state index contributed by atoms with van der Waals surface area (Å²) in [5, 5.41) is 11.2. The normalized spacial score (nSPS) is 18.3. The zero-order chi connectivity index (χ0) is 12.0. The first-order valence-electron chi connectivity index (χ1n) is 5.68. The summed E-state index contributed by atoms with van der Waals surface area (Å²) in [4.78, 5) is 21.5. The van der Waals surface area contributed by atoms with Crippen LogP contribution in [0.5, 0.6) is 0 Å². The van der Waals surface area contributed by atoms with Crippen molar-refractivity contribution in [3.05, 3.63) is 0 Å². The van der Waals surface area contributed by atoms with Crippen molar-refractivity contribution in [2.24, 2.45) is 5.92 Å². The van der Waals surface area contributed by atoms with E-state index >= 15 is 0 Å². The van der Waals surface area contributed by atoms with E-state index in [9.17, 15) is 9.59 Å². The highest BCUT2D eigenvalue weighted by atomic mass is 16.5. The highest BCUT2D eigenvalue weighted by Gasteiger charge is 2.22. The average molecular weight is 229 g/mol.